The van der Waals surface area contributed by atoms with Crippen molar-refractivity contribution >= 4 is 26.0 Å². The first-order chi connectivity index (χ1) is 9.31. The highest BCUT2D eigenvalue weighted by Gasteiger charge is 2.23. The predicted molar refractivity (Wildman–Crippen MR) is 78.9 cm³/mol. The van der Waals surface area contributed by atoms with Gasteiger partial charge in [0.25, 0.3) is 0 Å². The van der Waals surface area contributed by atoms with Gasteiger partial charge in [-0.2, -0.15) is 0 Å². The van der Waals surface area contributed by atoms with Gasteiger partial charge in [0.15, 0.2) is 0 Å². The summed E-state index contributed by atoms with van der Waals surface area (Å²) < 4.78 is 33.1. The van der Waals surface area contributed by atoms with E-state index in [0.717, 1.165) is 5.56 Å². The summed E-state index contributed by atoms with van der Waals surface area (Å²) in [6.07, 6.45) is 0. The number of aromatic nitrogens is 1. The Morgan fingerprint density at radius 1 is 1.35 bits per heavy atom. The maximum atomic E-state index is 12.3. The molecule has 0 spiro atoms. The van der Waals surface area contributed by atoms with Crippen molar-refractivity contribution in [2.45, 2.75) is 31.7 Å². The second-order valence-electron chi connectivity index (χ2n) is 4.54. The first-order valence-corrected chi connectivity index (χ1v) is 8.29. The Morgan fingerprint density at radius 3 is 2.60 bits per heavy atom. The number of nitrogens with one attached hydrogen (secondary N) is 1. The highest BCUT2D eigenvalue weighted by Crippen LogP contribution is 2.24. The van der Waals surface area contributed by atoms with Gasteiger partial charge in [0.1, 0.15) is 5.76 Å². The van der Waals surface area contributed by atoms with Crippen LogP contribution in [0, 0.1) is 13.8 Å². The van der Waals surface area contributed by atoms with Gasteiger partial charge in [-0.15, -0.1) is 0 Å². The van der Waals surface area contributed by atoms with Crippen LogP contribution in [-0.4, -0.2) is 13.6 Å². The molecule has 1 N–H and O–H groups in total. The van der Waals surface area contributed by atoms with Crippen molar-refractivity contribution in [3.05, 3.63) is 45.8 Å². The summed E-state index contributed by atoms with van der Waals surface area (Å²) >= 11 is 3.27. The van der Waals surface area contributed by atoms with Gasteiger partial charge in [-0.3, -0.25) is 0 Å². The average molecular weight is 359 g/mol. The summed E-state index contributed by atoms with van der Waals surface area (Å²) in [4.78, 5) is 0.213. The van der Waals surface area contributed by atoms with E-state index in [1.54, 1.807) is 45.0 Å². The zero-order valence-corrected chi connectivity index (χ0v) is 13.7. The fourth-order valence-corrected chi connectivity index (χ4v) is 3.91. The number of rotatable bonds is 4. The van der Waals surface area contributed by atoms with Crippen molar-refractivity contribution < 1.29 is 12.9 Å². The van der Waals surface area contributed by atoms with Crippen LogP contribution in [0.1, 0.15) is 30.0 Å². The molecule has 2 aromatic rings. The molecule has 1 aromatic heterocycles. The maximum Gasteiger partial charge on any atom is 0.241 e. The third-order valence-corrected chi connectivity index (χ3v) is 4.99. The van der Waals surface area contributed by atoms with Gasteiger partial charge in [-0.1, -0.05) is 27.2 Å². The third kappa shape index (κ3) is 3.11. The predicted octanol–water partition coefficient (Wildman–Crippen LogP) is 3.09. The van der Waals surface area contributed by atoms with E-state index in [4.69, 9.17) is 4.52 Å². The molecule has 0 radical (unpaired) electrons. The Kier molecular flexibility index (Phi) is 4.31. The van der Waals surface area contributed by atoms with E-state index >= 15 is 0 Å². The Hall–Kier alpha value is -1.18. The van der Waals surface area contributed by atoms with Crippen molar-refractivity contribution in [3.63, 3.8) is 0 Å². The average Bonchev–Trinajstić information content (AvgIpc) is 2.68. The molecule has 1 heterocycles. The Labute approximate surface area is 126 Å². The number of hydrogen-bond acceptors (Lipinski definition) is 4. The molecule has 0 aliphatic rings. The van der Waals surface area contributed by atoms with Gasteiger partial charge in [0.05, 0.1) is 10.6 Å². The van der Waals surface area contributed by atoms with E-state index in [9.17, 15) is 8.42 Å². The summed E-state index contributed by atoms with van der Waals surface area (Å²) in [5.41, 5.74) is 1.45. The number of aryl methyl sites for hydroxylation is 2. The van der Waals surface area contributed by atoms with Crippen LogP contribution in [0.5, 0.6) is 0 Å². The molecule has 5 nitrogen and oxygen atoms in total. The Bertz CT molecular complexity index is 705. The van der Waals surface area contributed by atoms with E-state index in [1.807, 2.05) is 0 Å². The lowest BCUT2D eigenvalue weighted by Crippen LogP contribution is -2.27. The van der Waals surface area contributed by atoms with Crippen LogP contribution in [0.15, 0.2) is 38.2 Å². The van der Waals surface area contributed by atoms with Crippen LogP contribution >= 0.6 is 15.9 Å². The number of halogens is 1. The van der Waals surface area contributed by atoms with Crippen molar-refractivity contribution in [2.75, 3.05) is 0 Å². The molecule has 0 saturated heterocycles. The van der Waals surface area contributed by atoms with Crippen LogP contribution in [0.25, 0.3) is 0 Å². The van der Waals surface area contributed by atoms with Crippen LogP contribution < -0.4 is 4.72 Å². The van der Waals surface area contributed by atoms with Gasteiger partial charge < -0.3 is 4.52 Å². The first-order valence-electron chi connectivity index (χ1n) is 6.02. The number of hydrogen-bond donors (Lipinski definition) is 1. The zero-order chi connectivity index (χ0) is 14.9. The second-order valence-corrected chi connectivity index (χ2v) is 7.17. The quantitative estimate of drug-likeness (QED) is 0.911. The lowest BCUT2D eigenvalue weighted by atomic mass is 10.1. The summed E-state index contributed by atoms with van der Waals surface area (Å²) in [5, 5.41) is 3.84. The Balaban J connectivity index is 2.29. The molecule has 1 atom stereocenters. The van der Waals surface area contributed by atoms with Gasteiger partial charge in [-0.05, 0) is 39.0 Å². The lowest BCUT2D eigenvalue weighted by Gasteiger charge is -2.14. The molecule has 2 rings (SSSR count). The third-order valence-electron chi connectivity index (χ3n) is 2.96. The van der Waals surface area contributed by atoms with E-state index in [0.29, 0.717) is 15.9 Å². The molecule has 0 amide bonds. The van der Waals surface area contributed by atoms with Gasteiger partial charge in [0.2, 0.25) is 10.0 Å². The molecule has 1 unspecified atom stereocenters. The number of benzene rings is 1. The van der Waals surface area contributed by atoms with Crippen molar-refractivity contribution in [3.8, 4) is 0 Å². The van der Waals surface area contributed by atoms with E-state index in [1.165, 1.54) is 0 Å². The molecule has 0 aliphatic heterocycles. The van der Waals surface area contributed by atoms with Crippen LogP contribution in [-0.2, 0) is 10.0 Å². The molecular formula is C13H15BrN2O3S. The van der Waals surface area contributed by atoms with Crippen molar-refractivity contribution in [1.29, 1.82) is 0 Å². The van der Waals surface area contributed by atoms with Crippen molar-refractivity contribution in [1.82, 2.24) is 9.88 Å². The summed E-state index contributed by atoms with van der Waals surface area (Å²) in [5.74, 6) is 0.618. The minimum Gasteiger partial charge on any atom is -0.361 e. The summed E-state index contributed by atoms with van der Waals surface area (Å²) in [7, 11) is -3.59. The lowest BCUT2D eigenvalue weighted by molar-refractivity contribution is 0.391. The minimum atomic E-state index is -3.59. The smallest absolute Gasteiger partial charge is 0.241 e. The molecule has 7 heteroatoms. The molecule has 20 heavy (non-hydrogen) atoms. The molecule has 0 saturated carbocycles. The van der Waals surface area contributed by atoms with Crippen LogP contribution in [0.3, 0.4) is 0 Å². The highest BCUT2D eigenvalue weighted by atomic mass is 79.9. The fraction of sp³-hybridized carbons (Fsp3) is 0.308. The molecular weight excluding hydrogens is 344 g/mol. The molecule has 0 bridgehead atoms. The fourth-order valence-electron chi connectivity index (χ4n) is 2.10. The van der Waals surface area contributed by atoms with E-state index < -0.39 is 16.1 Å². The molecule has 108 valence electrons. The maximum absolute atomic E-state index is 12.3. The normalized spacial score (nSPS) is 13.4. The number of nitrogens with zero attached hydrogens (tertiary/aromatic N) is 1. The highest BCUT2D eigenvalue weighted by molar-refractivity contribution is 9.10. The van der Waals surface area contributed by atoms with E-state index in [-0.39, 0.29) is 4.90 Å². The monoisotopic (exact) mass is 358 g/mol. The SMILES string of the molecule is Cc1noc(C)c1C(C)NS(=O)(=O)c1cccc(Br)c1. The zero-order valence-electron chi connectivity index (χ0n) is 11.3. The van der Waals surface area contributed by atoms with Crippen LogP contribution in [0.2, 0.25) is 0 Å². The second kappa shape index (κ2) is 5.67. The largest absolute Gasteiger partial charge is 0.361 e. The molecule has 0 fully saturated rings. The summed E-state index contributed by atoms with van der Waals surface area (Å²) in [6, 6.07) is 6.15. The van der Waals surface area contributed by atoms with Gasteiger partial charge in [0, 0.05) is 16.1 Å². The van der Waals surface area contributed by atoms with Crippen LogP contribution in [0.4, 0.5) is 0 Å². The summed E-state index contributed by atoms with van der Waals surface area (Å²) in [6.45, 7) is 5.32. The van der Waals surface area contributed by atoms with Crippen molar-refractivity contribution in [2.24, 2.45) is 0 Å². The topological polar surface area (TPSA) is 72.2 Å². The molecule has 1 aromatic carbocycles. The number of sulfonamides is 1. The standard InChI is InChI=1S/C13H15BrN2O3S/c1-8-13(10(3)19-15-8)9(2)16-20(17,18)12-6-4-5-11(14)7-12/h4-7,9,16H,1-3H3. The van der Waals surface area contributed by atoms with Gasteiger partial charge in [-0.25, -0.2) is 13.1 Å². The molecule has 0 aliphatic carbocycles. The first kappa shape index (κ1) is 15.2. The Morgan fingerprint density at radius 2 is 2.05 bits per heavy atom. The minimum absolute atomic E-state index is 0.213. The van der Waals surface area contributed by atoms with Gasteiger partial charge >= 0.3 is 0 Å². The van der Waals surface area contributed by atoms with E-state index in [2.05, 4.69) is 25.8 Å².